The molecule has 3 rings (SSSR count). The number of anilines is 2. The molecule has 0 bridgehead atoms. The van der Waals surface area contributed by atoms with Crippen molar-refractivity contribution in [3.63, 3.8) is 0 Å². The minimum Gasteiger partial charge on any atom is -0.348 e. The van der Waals surface area contributed by atoms with Crippen LogP contribution >= 0.6 is 0 Å². The summed E-state index contributed by atoms with van der Waals surface area (Å²) in [5, 5.41) is 5.15. The highest BCUT2D eigenvalue weighted by Gasteiger charge is 2.10. The summed E-state index contributed by atoms with van der Waals surface area (Å²) < 4.78 is 40.0. The van der Waals surface area contributed by atoms with Crippen molar-refractivity contribution < 1.29 is 18.0 Å². The van der Waals surface area contributed by atoms with Crippen LogP contribution in [0.5, 0.6) is 0 Å². The van der Waals surface area contributed by atoms with E-state index >= 15 is 0 Å². The Morgan fingerprint density at radius 2 is 1.69 bits per heavy atom. The van der Waals surface area contributed by atoms with Gasteiger partial charge in [-0.1, -0.05) is 18.2 Å². The maximum atomic E-state index is 13.6. The fraction of sp³-hybridized carbons (Fsp3) is 0.0556. The van der Waals surface area contributed by atoms with Gasteiger partial charge in [0, 0.05) is 30.6 Å². The number of aromatic nitrogens is 2. The van der Waals surface area contributed by atoms with Crippen LogP contribution in [0.15, 0.2) is 54.9 Å². The van der Waals surface area contributed by atoms with Crippen LogP contribution in [0.3, 0.4) is 0 Å². The summed E-state index contributed by atoms with van der Waals surface area (Å²) >= 11 is 0. The number of benzene rings is 2. The summed E-state index contributed by atoms with van der Waals surface area (Å²) in [7, 11) is 0. The number of hydrogen-bond acceptors (Lipinski definition) is 4. The Morgan fingerprint density at radius 1 is 0.962 bits per heavy atom. The van der Waals surface area contributed by atoms with Crippen LogP contribution in [-0.4, -0.2) is 15.9 Å². The third-order valence-electron chi connectivity index (χ3n) is 3.49. The molecule has 0 atom stereocenters. The summed E-state index contributed by atoms with van der Waals surface area (Å²) in [6.45, 7) is 0.0201. The van der Waals surface area contributed by atoms with E-state index in [1.807, 2.05) is 0 Å². The van der Waals surface area contributed by atoms with Crippen molar-refractivity contribution in [2.24, 2.45) is 0 Å². The van der Waals surface area contributed by atoms with Gasteiger partial charge in [0.1, 0.15) is 17.5 Å². The summed E-state index contributed by atoms with van der Waals surface area (Å²) in [6, 6.07) is 9.13. The van der Waals surface area contributed by atoms with Gasteiger partial charge in [0.15, 0.2) is 0 Å². The van der Waals surface area contributed by atoms with E-state index in [0.717, 1.165) is 12.1 Å². The number of carbonyl (C=O) groups excluding carboxylic acids is 1. The highest BCUT2D eigenvalue weighted by molar-refractivity contribution is 5.93. The number of nitrogens with zero attached hydrogens (tertiary/aromatic N) is 2. The zero-order valence-electron chi connectivity index (χ0n) is 13.3. The van der Waals surface area contributed by atoms with E-state index in [9.17, 15) is 18.0 Å². The molecule has 1 amide bonds. The number of amides is 1. The predicted molar refractivity (Wildman–Crippen MR) is 89.2 cm³/mol. The Balaban J connectivity index is 1.63. The lowest BCUT2D eigenvalue weighted by Gasteiger charge is -2.08. The molecule has 1 heterocycles. The highest BCUT2D eigenvalue weighted by atomic mass is 19.1. The molecule has 2 aromatic carbocycles. The third-order valence-corrected chi connectivity index (χ3v) is 3.49. The first-order valence-electron chi connectivity index (χ1n) is 7.58. The Morgan fingerprint density at radius 3 is 2.38 bits per heavy atom. The highest BCUT2D eigenvalue weighted by Crippen LogP contribution is 2.18. The van der Waals surface area contributed by atoms with Gasteiger partial charge in [0.2, 0.25) is 5.95 Å². The Kier molecular flexibility index (Phi) is 5.12. The summed E-state index contributed by atoms with van der Waals surface area (Å²) in [4.78, 5) is 19.9. The van der Waals surface area contributed by atoms with E-state index in [1.165, 1.54) is 24.5 Å². The fourth-order valence-electron chi connectivity index (χ4n) is 2.14. The molecule has 0 aliphatic rings. The molecule has 0 aliphatic heterocycles. The average molecular weight is 358 g/mol. The Labute approximate surface area is 146 Å². The molecule has 0 spiro atoms. The lowest BCUT2D eigenvalue weighted by Crippen LogP contribution is -2.23. The van der Waals surface area contributed by atoms with Crippen LogP contribution in [-0.2, 0) is 6.54 Å². The van der Waals surface area contributed by atoms with Crippen LogP contribution in [0.2, 0.25) is 0 Å². The molecule has 1 aromatic heterocycles. The quantitative estimate of drug-likeness (QED) is 0.732. The topological polar surface area (TPSA) is 66.9 Å². The van der Waals surface area contributed by atoms with E-state index in [0.29, 0.717) is 5.56 Å². The van der Waals surface area contributed by atoms with Crippen molar-refractivity contribution in [2.75, 3.05) is 5.32 Å². The van der Waals surface area contributed by atoms with Crippen LogP contribution < -0.4 is 10.6 Å². The van der Waals surface area contributed by atoms with Gasteiger partial charge in [0.25, 0.3) is 5.91 Å². The van der Waals surface area contributed by atoms with Crippen LogP contribution in [0.4, 0.5) is 24.8 Å². The van der Waals surface area contributed by atoms with Gasteiger partial charge in [-0.15, -0.1) is 0 Å². The van der Waals surface area contributed by atoms with Crippen molar-refractivity contribution in [3.8, 4) is 0 Å². The molecule has 5 nitrogen and oxygen atoms in total. The second-order valence-electron chi connectivity index (χ2n) is 5.32. The van der Waals surface area contributed by atoms with Crippen molar-refractivity contribution >= 4 is 17.5 Å². The molecular weight excluding hydrogens is 345 g/mol. The second kappa shape index (κ2) is 7.64. The monoisotopic (exact) mass is 358 g/mol. The normalized spacial score (nSPS) is 10.4. The molecule has 0 unspecified atom stereocenters. The summed E-state index contributed by atoms with van der Waals surface area (Å²) in [5.41, 5.74) is 0.515. The van der Waals surface area contributed by atoms with Gasteiger partial charge in [-0.3, -0.25) is 4.79 Å². The molecule has 26 heavy (non-hydrogen) atoms. The molecular formula is C18H13F3N4O. The van der Waals surface area contributed by atoms with Crippen molar-refractivity contribution in [2.45, 2.75) is 6.54 Å². The van der Waals surface area contributed by atoms with Gasteiger partial charge >= 0.3 is 0 Å². The molecule has 132 valence electrons. The van der Waals surface area contributed by atoms with Crippen LogP contribution in [0.1, 0.15) is 15.9 Å². The maximum absolute atomic E-state index is 13.6. The van der Waals surface area contributed by atoms with Crippen LogP contribution in [0.25, 0.3) is 0 Å². The first-order valence-corrected chi connectivity index (χ1v) is 7.58. The third kappa shape index (κ3) is 4.15. The Hall–Kier alpha value is -3.42. The second-order valence-corrected chi connectivity index (χ2v) is 5.32. The largest absolute Gasteiger partial charge is 0.348 e. The van der Waals surface area contributed by atoms with Gasteiger partial charge < -0.3 is 10.6 Å². The lowest BCUT2D eigenvalue weighted by molar-refractivity contribution is 0.0950. The van der Waals surface area contributed by atoms with Crippen molar-refractivity contribution in [3.05, 3.63) is 83.4 Å². The minimum absolute atomic E-state index is 0.00292. The number of nitrogens with one attached hydrogen (secondary N) is 2. The van der Waals surface area contributed by atoms with E-state index in [4.69, 9.17) is 0 Å². The van der Waals surface area contributed by atoms with Gasteiger partial charge in [-0.05, 0) is 18.2 Å². The molecule has 0 fully saturated rings. The average Bonchev–Trinajstić information content (AvgIpc) is 2.64. The van der Waals surface area contributed by atoms with Crippen molar-refractivity contribution in [1.82, 2.24) is 15.3 Å². The Bertz CT molecular complexity index is 932. The lowest BCUT2D eigenvalue weighted by atomic mass is 10.2. The van der Waals surface area contributed by atoms with Gasteiger partial charge in [0.05, 0.1) is 11.3 Å². The SMILES string of the molecule is O=C(NCc1ccccc1F)c1cnc(Nc2ccc(F)cc2F)nc1. The standard InChI is InChI=1S/C18H13F3N4O/c19-13-5-6-16(15(21)7-13)25-18-23-9-12(10-24-18)17(26)22-8-11-3-1-2-4-14(11)20/h1-7,9-10H,8H2,(H,22,26)(H,23,24,25). The van der Waals surface area contributed by atoms with Gasteiger partial charge in [-0.25, -0.2) is 23.1 Å². The predicted octanol–water partition coefficient (Wildman–Crippen LogP) is 3.57. The molecule has 8 heteroatoms. The first kappa shape index (κ1) is 17.4. The van der Waals surface area contributed by atoms with Crippen molar-refractivity contribution in [1.29, 1.82) is 0 Å². The molecule has 3 aromatic rings. The number of halogens is 3. The number of carbonyl (C=O) groups is 1. The first-order chi connectivity index (χ1) is 12.5. The fourth-order valence-corrected chi connectivity index (χ4v) is 2.14. The number of rotatable bonds is 5. The van der Waals surface area contributed by atoms with E-state index in [-0.39, 0.29) is 23.7 Å². The smallest absolute Gasteiger partial charge is 0.254 e. The summed E-state index contributed by atoms with van der Waals surface area (Å²) in [5.74, 6) is -2.34. The molecule has 0 saturated carbocycles. The van der Waals surface area contributed by atoms with E-state index < -0.39 is 23.4 Å². The van der Waals surface area contributed by atoms with Gasteiger partial charge in [-0.2, -0.15) is 0 Å². The van der Waals surface area contributed by atoms with E-state index in [1.54, 1.807) is 18.2 Å². The molecule has 2 N–H and O–H groups in total. The molecule has 0 saturated heterocycles. The minimum atomic E-state index is -0.791. The number of hydrogen-bond donors (Lipinski definition) is 2. The molecule has 0 aliphatic carbocycles. The zero-order valence-corrected chi connectivity index (χ0v) is 13.3. The zero-order chi connectivity index (χ0) is 18.5. The van der Waals surface area contributed by atoms with E-state index in [2.05, 4.69) is 20.6 Å². The maximum Gasteiger partial charge on any atom is 0.254 e. The van der Waals surface area contributed by atoms with Crippen LogP contribution in [0, 0.1) is 17.5 Å². The summed E-state index contributed by atoms with van der Waals surface area (Å²) in [6.07, 6.45) is 2.49. The molecule has 0 radical (unpaired) electrons.